The molecule has 0 spiro atoms. The van der Waals surface area contributed by atoms with E-state index in [4.69, 9.17) is 9.47 Å². The number of methoxy groups -OCH3 is 1. The first-order valence-electron chi connectivity index (χ1n) is 8.11. The molecule has 1 fully saturated rings. The van der Waals surface area contributed by atoms with Gasteiger partial charge < -0.3 is 9.47 Å². The van der Waals surface area contributed by atoms with E-state index in [0.717, 1.165) is 23.3 Å². The molecular weight excluding hydrogens is 288 g/mol. The summed E-state index contributed by atoms with van der Waals surface area (Å²) in [5.74, 6) is 1.11. The fraction of sp³-hybridized carbons (Fsp3) is 0.350. The Morgan fingerprint density at radius 2 is 1.91 bits per heavy atom. The molecule has 0 N–H and O–H groups in total. The smallest absolute Gasteiger partial charge is 0.313 e. The third kappa shape index (κ3) is 4.35. The first kappa shape index (κ1) is 15.6. The van der Waals surface area contributed by atoms with Crippen LogP contribution in [0, 0.1) is 5.92 Å². The van der Waals surface area contributed by atoms with Crippen LogP contribution in [0.2, 0.25) is 0 Å². The summed E-state index contributed by atoms with van der Waals surface area (Å²) in [5, 5.41) is 0. The molecule has 0 aliphatic heterocycles. The van der Waals surface area contributed by atoms with Gasteiger partial charge in [0.05, 0.1) is 13.0 Å². The van der Waals surface area contributed by atoms with Gasteiger partial charge in [-0.25, -0.2) is 0 Å². The monoisotopic (exact) mass is 310 g/mol. The van der Waals surface area contributed by atoms with Crippen LogP contribution in [-0.2, 0) is 16.1 Å². The van der Waals surface area contributed by atoms with Crippen LogP contribution in [0.3, 0.4) is 0 Å². The molecule has 0 amide bonds. The average molecular weight is 310 g/mol. The van der Waals surface area contributed by atoms with Crippen LogP contribution in [-0.4, -0.2) is 13.1 Å². The maximum atomic E-state index is 12.1. The molecule has 2 aromatic rings. The zero-order valence-electron chi connectivity index (χ0n) is 13.4. The van der Waals surface area contributed by atoms with Crippen LogP contribution in [0.25, 0.3) is 0 Å². The third-order valence-electron chi connectivity index (χ3n) is 4.26. The minimum absolute atomic E-state index is 0.155. The lowest BCUT2D eigenvalue weighted by atomic mass is 9.93. The minimum atomic E-state index is -0.187. The number of hydrogen-bond donors (Lipinski definition) is 0. The van der Waals surface area contributed by atoms with Crippen molar-refractivity contribution in [2.75, 3.05) is 7.11 Å². The molecular formula is C20H22O3. The average Bonchev–Trinajstić information content (AvgIpc) is 3.42. The lowest BCUT2D eigenvalue weighted by Gasteiger charge is -2.16. The normalized spacial score (nSPS) is 15.0. The van der Waals surface area contributed by atoms with Crippen molar-refractivity contribution in [3.8, 4) is 5.75 Å². The molecule has 0 radical (unpaired) electrons. The number of hydrogen-bond acceptors (Lipinski definition) is 3. The predicted molar refractivity (Wildman–Crippen MR) is 89.3 cm³/mol. The predicted octanol–water partition coefficient (Wildman–Crippen LogP) is 4.32. The second kappa shape index (κ2) is 7.32. The van der Waals surface area contributed by atoms with Crippen molar-refractivity contribution < 1.29 is 14.3 Å². The second-order valence-corrected chi connectivity index (χ2v) is 6.10. The number of carbonyl (C=O) groups is 1. The highest BCUT2D eigenvalue weighted by Gasteiger charge is 2.31. The van der Waals surface area contributed by atoms with Crippen molar-refractivity contribution in [3.63, 3.8) is 0 Å². The molecule has 23 heavy (non-hydrogen) atoms. The largest absolute Gasteiger partial charge is 0.489 e. The van der Waals surface area contributed by atoms with E-state index in [1.54, 1.807) is 0 Å². The van der Waals surface area contributed by atoms with E-state index in [1.807, 2.05) is 54.6 Å². The van der Waals surface area contributed by atoms with Crippen LogP contribution in [0.15, 0.2) is 54.6 Å². The van der Waals surface area contributed by atoms with Gasteiger partial charge in [0, 0.05) is 0 Å². The summed E-state index contributed by atoms with van der Waals surface area (Å²) in [5.41, 5.74) is 2.11. The maximum absolute atomic E-state index is 12.1. The van der Waals surface area contributed by atoms with E-state index < -0.39 is 0 Å². The van der Waals surface area contributed by atoms with E-state index >= 15 is 0 Å². The Kier molecular flexibility index (Phi) is 4.96. The zero-order valence-corrected chi connectivity index (χ0v) is 13.4. The number of carbonyl (C=O) groups excluding carboxylic acids is 1. The summed E-state index contributed by atoms with van der Waals surface area (Å²) >= 11 is 0. The number of benzene rings is 2. The maximum Gasteiger partial charge on any atom is 0.313 e. The molecule has 3 rings (SSSR count). The van der Waals surface area contributed by atoms with Gasteiger partial charge in [0.15, 0.2) is 0 Å². The summed E-state index contributed by atoms with van der Waals surface area (Å²) in [6.45, 7) is 0.524. The molecule has 0 bridgehead atoms. The molecule has 1 aliphatic rings. The standard InChI is InChI=1S/C20H22O3/c1-22-20(21)19(12-15-10-11-15)17-8-5-9-18(13-17)23-14-16-6-3-2-4-7-16/h2-9,13,15,19H,10-12,14H2,1H3/t19-/m1/s1. The molecule has 1 saturated carbocycles. The fourth-order valence-electron chi connectivity index (χ4n) is 2.76. The lowest BCUT2D eigenvalue weighted by molar-refractivity contribution is -0.142. The Balaban J connectivity index is 1.70. The van der Waals surface area contributed by atoms with Crippen LogP contribution < -0.4 is 4.74 Å². The molecule has 0 saturated heterocycles. The highest BCUT2D eigenvalue weighted by molar-refractivity contribution is 5.78. The zero-order chi connectivity index (χ0) is 16.1. The Morgan fingerprint density at radius 1 is 1.13 bits per heavy atom. The molecule has 0 unspecified atom stereocenters. The molecule has 0 aromatic heterocycles. The molecule has 3 heteroatoms. The topological polar surface area (TPSA) is 35.5 Å². The van der Waals surface area contributed by atoms with Crippen molar-refractivity contribution in [2.45, 2.75) is 31.8 Å². The van der Waals surface area contributed by atoms with Gasteiger partial charge in [-0.15, -0.1) is 0 Å². The van der Waals surface area contributed by atoms with Crippen molar-refractivity contribution >= 4 is 5.97 Å². The van der Waals surface area contributed by atoms with E-state index in [1.165, 1.54) is 20.0 Å². The van der Waals surface area contributed by atoms with Crippen molar-refractivity contribution in [1.82, 2.24) is 0 Å². The van der Waals surface area contributed by atoms with Crippen molar-refractivity contribution in [3.05, 3.63) is 65.7 Å². The Morgan fingerprint density at radius 3 is 2.61 bits per heavy atom. The van der Waals surface area contributed by atoms with E-state index in [2.05, 4.69) is 0 Å². The first-order chi connectivity index (χ1) is 11.3. The summed E-state index contributed by atoms with van der Waals surface area (Å²) in [6, 6.07) is 17.9. The molecule has 1 aliphatic carbocycles. The SMILES string of the molecule is COC(=O)[C@H](CC1CC1)c1cccc(OCc2ccccc2)c1. The summed E-state index contributed by atoms with van der Waals surface area (Å²) < 4.78 is 10.8. The van der Waals surface area contributed by atoms with Crippen LogP contribution in [0.4, 0.5) is 0 Å². The summed E-state index contributed by atoms with van der Waals surface area (Å²) in [4.78, 5) is 12.1. The summed E-state index contributed by atoms with van der Waals surface area (Å²) in [6.07, 6.45) is 3.31. The Labute approximate surface area is 137 Å². The van der Waals surface area contributed by atoms with Gasteiger partial charge >= 0.3 is 5.97 Å². The van der Waals surface area contributed by atoms with Crippen LogP contribution >= 0.6 is 0 Å². The molecule has 0 heterocycles. The van der Waals surface area contributed by atoms with E-state index in [-0.39, 0.29) is 11.9 Å². The van der Waals surface area contributed by atoms with Crippen molar-refractivity contribution in [2.24, 2.45) is 5.92 Å². The Hall–Kier alpha value is -2.29. The molecule has 120 valence electrons. The minimum Gasteiger partial charge on any atom is -0.489 e. The van der Waals surface area contributed by atoms with Gasteiger partial charge in [0.25, 0.3) is 0 Å². The van der Waals surface area contributed by atoms with Gasteiger partial charge in [-0.3, -0.25) is 4.79 Å². The Bertz CT molecular complexity index is 647. The van der Waals surface area contributed by atoms with E-state index in [0.29, 0.717) is 12.5 Å². The highest BCUT2D eigenvalue weighted by atomic mass is 16.5. The number of ether oxygens (including phenoxy) is 2. The van der Waals surface area contributed by atoms with Gasteiger partial charge in [0.1, 0.15) is 12.4 Å². The van der Waals surface area contributed by atoms with Crippen LogP contribution in [0.1, 0.15) is 36.3 Å². The first-order valence-corrected chi connectivity index (χ1v) is 8.11. The fourth-order valence-corrected chi connectivity index (χ4v) is 2.76. The highest BCUT2D eigenvalue weighted by Crippen LogP contribution is 2.39. The lowest BCUT2D eigenvalue weighted by Crippen LogP contribution is -2.15. The quantitative estimate of drug-likeness (QED) is 0.714. The summed E-state index contributed by atoms with van der Waals surface area (Å²) in [7, 11) is 1.46. The van der Waals surface area contributed by atoms with Gasteiger partial charge in [-0.1, -0.05) is 55.3 Å². The van der Waals surface area contributed by atoms with Crippen LogP contribution in [0.5, 0.6) is 5.75 Å². The molecule has 2 aromatic carbocycles. The number of rotatable bonds is 7. The molecule has 3 nitrogen and oxygen atoms in total. The third-order valence-corrected chi connectivity index (χ3v) is 4.26. The number of esters is 1. The van der Waals surface area contributed by atoms with Gasteiger partial charge in [0.2, 0.25) is 0 Å². The second-order valence-electron chi connectivity index (χ2n) is 6.10. The molecule has 1 atom stereocenters. The van der Waals surface area contributed by atoms with E-state index in [9.17, 15) is 4.79 Å². The van der Waals surface area contributed by atoms with Gasteiger partial charge in [-0.05, 0) is 35.6 Å². The van der Waals surface area contributed by atoms with Crippen molar-refractivity contribution in [1.29, 1.82) is 0 Å². The van der Waals surface area contributed by atoms with Gasteiger partial charge in [-0.2, -0.15) is 0 Å².